The second kappa shape index (κ2) is 6.47. The van der Waals surface area contributed by atoms with E-state index in [1.54, 1.807) is 6.20 Å². The van der Waals surface area contributed by atoms with E-state index in [0.717, 1.165) is 29.3 Å². The summed E-state index contributed by atoms with van der Waals surface area (Å²) in [6, 6.07) is 6.31. The Kier molecular flexibility index (Phi) is 4.02. The first-order valence-electron chi connectivity index (χ1n) is 8.59. The topological polar surface area (TPSA) is 82.2 Å². The van der Waals surface area contributed by atoms with Crippen molar-refractivity contribution in [1.29, 1.82) is 0 Å². The number of aromatic amines is 1. The number of carbonyl (C=O) groups is 1. The van der Waals surface area contributed by atoms with Crippen molar-refractivity contribution in [2.24, 2.45) is 4.99 Å². The van der Waals surface area contributed by atoms with E-state index in [0.29, 0.717) is 17.7 Å². The highest BCUT2D eigenvalue weighted by Crippen LogP contribution is 2.19. The molecule has 1 saturated carbocycles. The molecular weight excluding hydrogens is 302 g/mol. The van der Waals surface area contributed by atoms with E-state index in [-0.39, 0.29) is 5.91 Å². The van der Waals surface area contributed by atoms with E-state index in [1.165, 1.54) is 25.7 Å². The van der Waals surface area contributed by atoms with E-state index in [2.05, 4.69) is 25.8 Å². The predicted molar refractivity (Wildman–Crippen MR) is 94.3 cm³/mol. The summed E-state index contributed by atoms with van der Waals surface area (Å²) in [6.07, 6.45) is 11.0. The Labute approximate surface area is 140 Å². The fourth-order valence-electron chi connectivity index (χ4n) is 3.36. The molecule has 0 bridgehead atoms. The zero-order chi connectivity index (χ0) is 16.4. The monoisotopic (exact) mass is 323 g/mol. The van der Waals surface area contributed by atoms with Gasteiger partial charge in [0.1, 0.15) is 5.70 Å². The normalized spacial score (nSPS) is 20.9. The van der Waals surface area contributed by atoms with Gasteiger partial charge in [0.2, 0.25) is 5.96 Å². The maximum Gasteiger partial charge on any atom is 0.276 e. The molecule has 1 fully saturated rings. The third-order valence-corrected chi connectivity index (χ3v) is 4.66. The van der Waals surface area contributed by atoms with Crippen molar-refractivity contribution in [2.75, 3.05) is 0 Å². The van der Waals surface area contributed by atoms with Gasteiger partial charge in [-0.05, 0) is 36.6 Å². The van der Waals surface area contributed by atoms with Gasteiger partial charge in [0.15, 0.2) is 0 Å². The number of benzene rings is 1. The molecule has 0 atom stereocenters. The lowest BCUT2D eigenvalue weighted by molar-refractivity contribution is -0.115. The van der Waals surface area contributed by atoms with Crippen molar-refractivity contribution in [3.63, 3.8) is 0 Å². The molecule has 6 heteroatoms. The molecule has 1 aromatic heterocycles. The summed E-state index contributed by atoms with van der Waals surface area (Å²) in [5, 5.41) is 14.2. The molecule has 2 aliphatic rings. The van der Waals surface area contributed by atoms with Crippen LogP contribution in [0.5, 0.6) is 0 Å². The number of carbonyl (C=O) groups excluding carboxylic acids is 1. The van der Waals surface area contributed by atoms with Gasteiger partial charge in [0, 0.05) is 11.4 Å². The zero-order valence-electron chi connectivity index (χ0n) is 13.5. The fourth-order valence-corrected chi connectivity index (χ4v) is 3.36. The van der Waals surface area contributed by atoms with Gasteiger partial charge in [-0.2, -0.15) is 5.10 Å². The van der Waals surface area contributed by atoms with E-state index in [4.69, 9.17) is 0 Å². The first-order valence-corrected chi connectivity index (χ1v) is 8.59. The van der Waals surface area contributed by atoms with Crippen molar-refractivity contribution in [1.82, 2.24) is 20.8 Å². The van der Waals surface area contributed by atoms with Gasteiger partial charge in [-0.15, -0.1) is 0 Å². The van der Waals surface area contributed by atoms with Crippen LogP contribution in [-0.4, -0.2) is 28.1 Å². The first-order chi connectivity index (χ1) is 11.8. The van der Waals surface area contributed by atoms with Gasteiger partial charge in [-0.1, -0.05) is 31.7 Å². The Morgan fingerprint density at radius 3 is 2.83 bits per heavy atom. The lowest BCUT2D eigenvalue weighted by Gasteiger charge is -2.16. The third-order valence-electron chi connectivity index (χ3n) is 4.66. The largest absolute Gasteiger partial charge is 0.353 e. The molecule has 0 radical (unpaired) electrons. The van der Waals surface area contributed by atoms with E-state index in [1.807, 2.05) is 24.3 Å². The van der Waals surface area contributed by atoms with Crippen LogP contribution in [0.4, 0.5) is 0 Å². The molecule has 1 aliphatic heterocycles. The highest BCUT2D eigenvalue weighted by atomic mass is 16.2. The lowest BCUT2D eigenvalue weighted by Crippen LogP contribution is -2.42. The summed E-state index contributed by atoms with van der Waals surface area (Å²) in [6.45, 7) is 0. The number of rotatable bonds is 2. The van der Waals surface area contributed by atoms with Crippen LogP contribution in [0, 0.1) is 0 Å². The summed E-state index contributed by atoms with van der Waals surface area (Å²) < 4.78 is 0. The predicted octanol–water partition coefficient (Wildman–Crippen LogP) is 2.70. The summed E-state index contributed by atoms with van der Waals surface area (Å²) in [5.41, 5.74) is 2.36. The minimum absolute atomic E-state index is 0.154. The van der Waals surface area contributed by atoms with Gasteiger partial charge in [0.05, 0.1) is 11.7 Å². The Morgan fingerprint density at radius 2 is 2.00 bits per heavy atom. The van der Waals surface area contributed by atoms with Gasteiger partial charge >= 0.3 is 0 Å². The van der Waals surface area contributed by atoms with Crippen molar-refractivity contribution in [3.8, 4) is 0 Å². The standard InChI is InChI=1S/C18H21N5O/c24-17-16(10-12-7-8-15-13(9-12)11-19-23-15)21-18(22-17)20-14-5-3-1-2-4-6-14/h7-11,14H,1-6H2,(H,19,23)(H2,20,21,22,24). The van der Waals surface area contributed by atoms with Gasteiger partial charge in [0.25, 0.3) is 5.91 Å². The summed E-state index contributed by atoms with van der Waals surface area (Å²) in [5.74, 6) is 0.431. The number of amides is 1. The van der Waals surface area contributed by atoms with Crippen LogP contribution in [-0.2, 0) is 4.79 Å². The highest BCUT2D eigenvalue weighted by molar-refractivity contribution is 6.13. The average Bonchev–Trinajstić information content (AvgIpc) is 3.07. The number of H-pyrrole nitrogens is 1. The minimum Gasteiger partial charge on any atom is -0.353 e. The first kappa shape index (κ1) is 14.9. The maximum atomic E-state index is 12.2. The lowest BCUT2D eigenvalue weighted by atomic mass is 10.1. The fraction of sp³-hybridized carbons (Fsp3) is 0.389. The molecule has 24 heavy (non-hydrogen) atoms. The van der Waals surface area contributed by atoms with Crippen LogP contribution in [0.25, 0.3) is 17.0 Å². The van der Waals surface area contributed by atoms with Crippen LogP contribution in [0.3, 0.4) is 0 Å². The number of aliphatic imine (C=N–C) groups is 1. The Morgan fingerprint density at radius 1 is 1.17 bits per heavy atom. The molecule has 0 unspecified atom stereocenters. The zero-order valence-corrected chi connectivity index (χ0v) is 13.5. The molecule has 6 nitrogen and oxygen atoms in total. The van der Waals surface area contributed by atoms with Gasteiger partial charge in [-0.25, -0.2) is 4.99 Å². The molecular formula is C18H21N5O. The van der Waals surface area contributed by atoms with Crippen molar-refractivity contribution >= 4 is 28.8 Å². The Balaban J connectivity index is 1.51. The van der Waals surface area contributed by atoms with Crippen LogP contribution >= 0.6 is 0 Å². The number of hydrogen-bond donors (Lipinski definition) is 3. The molecule has 0 saturated heterocycles. The molecule has 124 valence electrons. The highest BCUT2D eigenvalue weighted by Gasteiger charge is 2.22. The maximum absolute atomic E-state index is 12.2. The molecule has 1 aromatic carbocycles. The summed E-state index contributed by atoms with van der Waals surface area (Å²) >= 11 is 0. The Hall–Kier alpha value is -2.63. The van der Waals surface area contributed by atoms with Crippen molar-refractivity contribution in [3.05, 3.63) is 35.7 Å². The second-order valence-corrected chi connectivity index (χ2v) is 6.49. The number of nitrogens with one attached hydrogen (secondary N) is 3. The van der Waals surface area contributed by atoms with E-state index >= 15 is 0 Å². The third kappa shape index (κ3) is 3.18. The Bertz CT molecular complexity index is 812. The second-order valence-electron chi connectivity index (χ2n) is 6.49. The summed E-state index contributed by atoms with van der Waals surface area (Å²) in [4.78, 5) is 16.6. The molecule has 3 N–H and O–H groups in total. The van der Waals surface area contributed by atoms with Gasteiger partial charge < -0.3 is 5.32 Å². The van der Waals surface area contributed by atoms with Gasteiger partial charge in [-0.3, -0.25) is 15.2 Å². The van der Waals surface area contributed by atoms with Crippen LogP contribution in [0.15, 0.2) is 35.1 Å². The number of guanidine groups is 1. The summed E-state index contributed by atoms with van der Waals surface area (Å²) in [7, 11) is 0. The minimum atomic E-state index is -0.154. The molecule has 4 rings (SSSR count). The smallest absolute Gasteiger partial charge is 0.276 e. The van der Waals surface area contributed by atoms with Crippen LogP contribution in [0.1, 0.15) is 44.1 Å². The molecule has 2 heterocycles. The SMILES string of the molecule is O=C1NC(NC2CCCCCC2)=NC1=Cc1ccc2[nH]ncc2c1. The van der Waals surface area contributed by atoms with Crippen molar-refractivity contribution < 1.29 is 4.79 Å². The van der Waals surface area contributed by atoms with Crippen molar-refractivity contribution in [2.45, 2.75) is 44.6 Å². The average molecular weight is 323 g/mol. The van der Waals surface area contributed by atoms with E-state index < -0.39 is 0 Å². The van der Waals surface area contributed by atoms with E-state index in [9.17, 15) is 4.79 Å². The quantitative estimate of drug-likeness (QED) is 0.587. The number of hydrogen-bond acceptors (Lipinski definition) is 4. The molecule has 0 spiro atoms. The molecule has 1 amide bonds. The number of aromatic nitrogens is 2. The van der Waals surface area contributed by atoms with Crippen LogP contribution in [0.2, 0.25) is 0 Å². The van der Waals surface area contributed by atoms with Crippen LogP contribution < -0.4 is 10.6 Å². The molecule has 1 aliphatic carbocycles. The number of fused-ring (bicyclic) bond motifs is 1. The number of nitrogens with zero attached hydrogens (tertiary/aromatic N) is 2. The molecule has 2 aromatic rings.